The lowest BCUT2D eigenvalue weighted by atomic mass is 10.1. The van der Waals surface area contributed by atoms with Crippen molar-refractivity contribution in [3.05, 3.63) is 0 Å². The van der Waals surface area contributed by atoms with Gasteiger partial charge in [-0.15, -0.1) is 0 Å². The van der Waals surface area contributed by atoms with Crippen LogP contribution < -0.4 is 5.32 Å². The van der Waals surface area contributed by atoms with Crippen LogP contribution in [0.4, 0.5) is 0 Å². The van der Waals surface area contributed by atoms with Crippen LogP contribution >= 0.6 is 0 Å². The van der Waals surface area contributed by atoms with E-state index >= 15 is 0 Å². The minimum Gasteiger partial charge on any atom is -0.480 e. The topological polar surface area (TPSA) is 58.6 Å². The summed E-state index contributed by atoms with van der Waals surface area (Å²) in [6.07, 6.45) is 7.33. The highest BCUT2D eigenvalue weighted by atomic mass is 16.5. The van der Waals surface area contributed by atoms with Crippen LogP contribution in [0.3, 0.4) is 0 Å². The summed E-state index contributed by atoms with van der Waals surface area (Å²) in [7, 11) is 1.63. The minimum atomic E-state index is -0.856. The van der Waals surface area contributed by atoms with Gasteiger partial charge in [-0.25, -0.2) is 0 Å². The van der Waals surface area contributed by atoms with Crippen LogP contribution in [-0.2, 0) is 9.53 Å². The van der Waals surface area contributed by atoms with Crippen molar-refractivity contribution >= 4 is 5.97 Å². The Bertz CT molecular complexity index is 174. The molecule has 4 nitrogen and oxygen atoms in total. The first kappa shape index (κ1) is 15.4. The van der Waals surface area contributed by atoms with Gasteiger partial charge in [0.2, 0.25) is 0 Å². The molecule has 0 saturated carbocycles. The highest BCUT2D eigenvalue weighted by Crippen LogP contribution is 2.04. The number of unbranched alkanes of at least 4 members (excludes halogenated alkanes) is 5. The standard InChI is InChI=1S/C12H25NO3/c1-3-4-5-6-7-8-9-16-10-11(13-2)12(14)15/h11,13H,3-10H2,1-2H3,(H,14,15). The number of nitrogens with one attached hydrogen (secondary N) is 1. The van der Waals surface area contributed by atoms with Gasteiger partial charge in [0.1, 0.15) is 6.04 Å². The molecular weight excluding hydrogens is 206 g/mol. The third-order valence-electron chi connectivity index (χ3n) is 2.57. The fourth-order valence-corrected chi connectivity index (χ4v) is 1.46. The predicted molar refractivity (Wildman–Crippen MR) is 64.7 cm³/mol. The van der Waals surface area contributed by atoms with Gasteiger partial charge in [-0.3, -0.25) is 4.79 Å². The molecule has 4 heteroatoms. The first-order chi connectivity index (χ1) is 7.72. The van der Waals surface area contributed by atoms with E-state index in [9.17, 15) is 4.79 Å². The average Bonchev–Trinajstić information content (AvgIpc) is 2.26. The van der Waals surface area contributed by atoms with Crippen LogP contribution in [0.5, 0.6) is 0 Å². The minimum absolute atomic E-state index is 0.251. The fourth-order valence-electron chi connectivity index (χ4n) is 1.46. The zero-order valence-electron chi connectivity index (χ0n) is 10.5. The van der Waals surface area contributed by atoms with E-state index in [-0.39, 0.29) is 6.61 Å². The lowest BCUT2D eigenvalue weighted by Gasteiger charge is -2.11. The Kier molecular flexibility index (Phi) is 10.5. The van der Waals surface area contributed by atoms with Gasteiger partial charge >= 0.3 is 5.97 Å². The quantitative estimate of drug-likeness (QED) is 0.534. The Morgan fingerprint density at radius 1 is 1.25 bits per heavy atom. The molecule has 0 amide bonds. The van der Waals surface area contributed by atoms with Gasteiger partial charge in [0.05, 0.1) is 6.61 Å². The molecule has 96 valence electrons. The van der Waals surface area contributed by atoms with E-state index in [0.29, 0.717) is 6.61 Å². The molecule has 0 aliphatic rings. The summed E-state index contributed by atoms with van der Waals surface area (Å²) in [6.45, 7) is 3.12. The lowest BCUT2D eigenvalue weighted by Crippen LogP contribution is -2.38. The van der Waals surface area contributed by atoms with Gasteiger partial charge in [-0.05, 0) is 13.5 Å². The van der Waals surface area contributed by atoms with Crippen molar-refractivity contribution in [3.8, 4) is 0 Å². The highest BCUT2D eigenvalue weighted by Gasteiger charge is 2.13. The SMILES string of the molecule is CCCCCCCCOCC(NC)C(=O)O. The van der Waals surface area contributed by atoms with E-state index in [0.717, 1.165) is 6.42 Å². The van der Waals surface area contributed by atoms with Gasteiger partial charge < -0.3 is 15.2 Å². The number of carbonyl (C=O) groups is 1. The molecule has 0 heterocycles. The van der Waals surface area contributed by atoms with Crippen LogP contribution in [0.1, 0.15) is 45.4 Å². The Labute approximate surface area is 98.4 Å². The van der Waals surface area contributed by atoms with E-state index in [2.05, 4.69) is 12.2 Å². The predicted octanol–water partition coefficient (Wildman–Crippen LogP) is 2.04. The molecule has 0 aromatic rings. The molecule has 0 aromatic carbocycles. The van der Waals surface area contributed by atoms with Crippen LogP contribution in [0.15, 0.2) is 0 Å². The van der Waals surface area contributed by atoms with Crippen molar-refractivity contribution in [2.45, 2.75) is 51.5 Å². The third kappa shape index (κ3) is 8.68. The number of carboxylic acid groups (broad SMARTS) is 1. The number of aliphatic carboxylic acids is 1. The van der Waals surface area contributed by atoms with Crippen LogP contribution in [0.25, 0.3) is 0 Å². The van der Waals surface area contributed by atoms with Gasteiger partial charge in [0.25, 0.3) is 0 Å². The summed E-state index contributed by atoms with van der Waals surface area (Å²) in [5.74, 6) is -0.856. The van der Waals surface area contributed by atoms with Crippen LogP contribution in [0, 0.1) is 0 Å². The number of hydrogen-bond acceptors (Lipinski definition) is 3. The molecule has 0 bridgehead atoms. The molecule has 0 saturated heterocycles. The van der Waals surface area contributed by atoms with Crippen molar-refractivity contribution in [2.24, 2.45) is 0 Å². The van der Waals surface area contributed by atoms with Gasteiger partial charge in [-0.2, -0.15) is 0 Å². The summed E-state index contributed by atoms with van der Waals surface area (Å²) >= 11 is 0. The monoisotopic (exact) mass is 231 g/mol. The van der Waals surface area contributed by atoms with Crippen molar-refractivity contribution in [2.75, 3.05) is 20.3 Å². The molecule has 0 rings (SSSR count). The zero-order valence-corrected chi connectivity index (χ0v) is 10.5. The molecule has 0 aliphatic heterocycles. The third-order valence-corrected chi connectivity index (χ3v) is 2.57. The summed E-state index contributed by atoms with van der Waals surface area (Å²) in [6, 6.07) is -0.583. The average molecular weight is 231 g/mol. The summed E-state index contributed by atoms with van der Waals surface area (Å²) in [4.78, 5) is 10.6. The normalized spacial score (nSPS) is 12.6. The lowest BCUT2D eigenvalue weighted by molar-refractivity contribution is -0.140. The molecule has 1 atom stereocenters. The molecule has 16 heavy (non-hydrogen) atoms. The summed E-state index contributed by atoms with van der Waals surface area (Å²) < 4.78 is 5.31. The van der Waals surface area contributed by atoms with Gasteiger partial charge in [-0.1, -0.05) is 39.0 Å². The molecule has 1 unspecified atom stereocenters. The molecule has 0 fully saturated rings. The van der Waals surface area contributed by atoms with Crippen molar-refractivity contribution in [3.63, 3.8) is 0 Å². The van der Waals surface area contributed by atoms with Crippen LogP contribution in [-0.4, -0.2) is 37.4 Å². The number of ether oxygens (including phenoxy) is 1. The second-order valence-electron chi connectivity index (χ2n) is 4.02. The molecular formula is C12H25NO3. The molecule has 0 radical (unpaired) electrons. The second-order valence-corrected chi connectivity index (χ2v) is 4.02. The van der Waals surface area contributed by atoms with Crippen LogP contribution in [0.2, 0.25) is 0 Å². The maximum atomic E-state index is 10.6. The zero-order chi connectivity index (χ0) is 12.2. The van der Waals surface area contributed by atoms with E-state index in [4.69, 9.17) is 9.84 Å². The van der Waals surface area contributed by atoms with Crippen molar-refractivity contribution in [1.29, 1.82) is 0 Å². The van der Waals surface area contributed by atoms with Gasteiger partial charge in [0.15, 0.2) is 0 Å². The van der Waals surface area contributed by atoms with E-state index < -0.39 is 12.0 Å². The molecule has 0 aromatic heterocycles. The Morgan fingerprint density at radius 2 is 1.88 bits per heavy atom. The van der Waals surface area contributed by atoms with E-state index in [1.165, 1.54) is 32.1 Å². The molecule has 0 spiro atoms. The van der Waals surface area contributed by atoms with Crippen molar-refractivity contribution < 1.29 is 14.6 Å². The van der Waals surface area contributed by atoms with E-state index in [1.54, 1.807) is 7.05 Å². The number of rotatable bonds is 11. The second kappa shape index (κ2) is 10.9. The molecule has 0 aliphatic carbocycles. The molecule has 2 N–H and O–H groups in total. The number of hydrogen-bond donors (Lipinski definition) is 2. The highest BCUT2D eigenvalue weighted by molar-refractivity contribution is 5.73. The smallest absolute Gasteiger partial charge is 0.323 e. The Balaban J connectivity index is 3.22. The van der Waals surface area contributed by atoms with E-state index in [1.807, 2.05) is 0 Å². The first-order valence-electron chi connectivity index (χ1n) is 6.20. The number of likely N-dealkylation sites (N-methyl/N-ethyl adjacent to an activating group) is 1. The maximum Gasteiger partial charge on any atom is 0.323 e. The Morgan fingerprint density at radius 3 is 2.44 bits per heavy atom. The largest absolute Gasteiger partial charge is 0.480 e. The first-order valence-corrected chi connectivity index (χ1v) is 6.20. The maximum absolute atomic E-state index is 10.6. The van der Waals surface area contributed by atoms with Gasteiger partial charge in [0, 0.05) is 6.61 Å². The summed E-state index contributed by atoms with van der Waals surface area (Å²) in [5.41, 5.74) is 0. The fraction of sp³-hybridized carbons (Fsp3) is 0.917. The number of carboxylic acids is 1. The summed E-state index contributed by atoms with van der Waals surface area (Å²) in [5, 5.41) is 11.4. The Hall–Kier alpha value is -0.610. The van der Waals surface area contributed by atoms with Crippen molar-refractivity contribution in [1.82, 2.24) is 5.32 Å².